The van der Waals surface area contributed by atoms with E-state index in [1.165, 1.54) is 0 Å². The minimum absolute atomic E-state index is 0.324. The maximum absolute atomic E-state index is 9.40. The second-order valence-electron chi connectivity index (χ2n) is 6.16. The Labute approximate surface area is 120 Å². The van der Waals surface area contributed by atoms with Gasteiger partial charge in [0.2, 0.25) is 0 Å². The Bertz CT molecular complexity index is 268. The third kappa shape index (κ3) is 6.94. The molecule has 0 aromatic carbocycles. The lowest BCUT2D eigenvalue weighted by molar-refractivity contribution is 0.187. The quantitative estimate of drug-likeness (QED) is 0.659. The van der Waals surface area contributed by atoms with Crippen LogP contribution in [0.5, 0.6) is 0 Å². The minimum Gasteiger partial charge on any atom is -0.301 e. The molecule has 0 aliphatic rings. The van der Waals surface area contributed by atoms with E-state index >= 15 is 0 Å². The van der Waals surface area contributed by atoms with Crippen LogP contribution in [-0.2, 0) is 0 Å². The van der Waals surface area contributed by atoms with Crippen LogP contribution in [0.3, 0.4) is 0 Å². The highest BCUT2D eigenvalue weighted by Gasteiger charge is 2.26. The van der Waals surface area contributed by atoms with Gasteiger partial charge < -0.3 is 4.90 Å². The average Bonchev–Trinajstić information content (AvgIpc) is 2.35. The fourth-order valence-corrected chi connectivity index (χ4v) is 2.52. The Kier molecular flexibility index (Phi) is 9.05. The largest absolute Gasteiger partial charge is 0.301 e. The number of hydrogen-bond acceptors (Lipinski definition) is 3. The van der Waals surface area contributed by atoms with Crippen LogP contribution in [0.2, 0.25) is 0 Å². The SMILES string of the molecule is CCNC(C#N)(CC)CCCN(CC(C)C)C(C)C. The predicted octanol–water partition coefficient (Wildman–Crippen LogP) is 3.41. The summed E-state index contributed by atoms with van der Waals surface area (Å²) in [6.45, 7) is 16.3. The van der Waals surface area contributed by atoms with E-state index in [0.29, 0.717) is 12.0 Å². The van der Waals surface area contributed by atoms with E-state index in [0.717, 1.165) is 38.9 Å². The van der Waals surface area contributed by atoms with E-state index in [9.17, 15) is 5.26 Å². The van der Waals surface area contributed by atoms with Crippen LogP contribution in [0.25, 0.3) is 0 Å². The summed E-state index contributed by atoms with van der Waals surface area (Å²) in [5, 5.41) is 12.8. The Morgan fingerprint density at radius 2 is 1.84 bits per heavy atom. The summed E-state index contributed by atoms with van der Waals surface area (Å²) in [5.74, 6) is 0.697. The molecule has 0 heterocycles. The lowest BCUT2D eigenvalue weighted by atomic mass is 9.91. The first kappa shape index (κ1) is 18.4. The number of rotatable bonds is 10. The van der Waals surface area contributed by atoms with Crippen molar-refractivity contribution in [3.05, 3.63) is 0 Å². The normalized spacial score (nSPS) is 14.9. The van der Waals surface area contributed by atoms with Gasteiger partial charge in [-0.2, -0.15) is 5.26 Å². The number of nitrogens with one attached hydrogen (secondary N) is 1. The zero-order valence-corrected chi connectivity index (χ0v) is 13.8. The van der Waals surface area contributed by atoms with Gasteiger partial charge in [0.25, 0.3) is 0 Å². The summed E-state index contributed by atoms with van der Waals surface area (Å²) in [5.41, 5.74) is -0.324. The van der Waals surface area contributed by atoms with Crippen molar-refractivity contribution < 1.29 is 0 Å². The third-order valence-corrected chi connectivity index (χ3v) is 3.71. The molecule has 0 saturated carbocycles. The summed E-state index contributed by atoms with van der Waals surface area (Å²) in [4.78, 5) is 2.52. The molecule has 1 unspecified atom stereocenters. The molecular formula is C16H33N3. The molecule has 0 fully saturated rings. The van der Waals surface area contributed by atoms with Gasteiger partial charge in [0.1, 0.15) is 5.54 Å². The Morgan fingerprint density at radius 1 is 1.21 bits per heavy atom. The zero-order valence-electron chi connectivity index (χ0n) is 13.8. The Balaban J connectivity index is 4.33. The highest BCUT2D eigenvalue weighted by atomic mass is 15.1. The van der Waals surface area contributed by atoms with Crippen molar-refractivity contribution in [2.75, 3.05) is 19.6 Å². The molecule has 3 heteroatoms. The predicted molar refractivity (Wildman–Crippen MR) is 83.1 cm³/mol. The molecule has 0 aliphatic carbocycles. The lowest BCUT2D eigenvalue weighted by Crippen LogP contribution is -2.44. The fourth-order valence-electron chi connectivity index (χ4n) is 2.52. The van der Waals surface area contributed by atoms with Crippen LogP contribution in [0.4, 0.5) is 0 Å². The number of hydrogen-bond donors (Lipinski definition) is 1. The second-order valence-corrected chi connectivity index (χ2v) is 6.16. The van der Waals surface area contributed by atoms with Gasteiger partial charge in [0.15, 0.2) is 0 Å². The van der Waals surface area contributed by atoms with E-state index in [-0.39, 0.29) is 5.54 Å². The smallest absolute Gasteiger partial charge is 0.106 e. The van der Waals surface area contributed by atoms with Gasteiger partial charge in [-0.05, 0) is 52.1 Å². The van der Waals surface area contributed by atoms with Crippen LogP contribution in [0, 0.1) is 17.2 Å². The van der Waals surface area contributed by atoms with Gasteiger partial charge in [-0.1, -0.05) is 27.7 Å². The second kappa shape index (κ2) is 9.34. The summed E-state index contributed by atoms with van der Waals surface area (Å²) in [7, 11) is 0. The molecule has 0 radical (unpaired) electrons. The van der Waals surface area contributed by atoms with Crippen LogP contribution in [-0.4, -0.2) is 36.1 Å². The van der Waals surface area contributed by atoms with Gasteiger partial charge in [-0.15, -0.1) is 0 Å². The molecule has 1 atom stereocenters. The molecule has 0 rings (SSSR count). The van der Waals surface area contributed by atoms with Crippen molar-refractivity contribution in [3.63, 3.8) is 0 Å². The van der Waals surface area contributed by atoms with Crippen LogP contribution < -0.4 is 5.32 Å². The molecule has 112 valence electrons. The molecule has 0 aromatic heterocycles. The maximum Gasteiger partial charge on any atom is 0.106 e. The van der Waals surface area contributed by atoms with E-state index in [1.54, 1.807) is 0 Å². The Morgan fingerprint density at radius 3 is 2.21 bits per heavy atom. The highest BCUT2D eigenvalue weighted by Crippen LogP contribution is 2.17. The molecule has 0 aromatic rings. The van der Waals surface area contributed by atoms with Gasteiger partial charge in [0, 0.05) is 12.6 Å². The molecule has 0 aliphatic heterocycles. The molecule has 0 saturated heterocycles. The minimum atomic E-state index is -0.324. The monoisotopic (exact) mass is 267 g/mol. The molecule has 0 amide bonds. The van der Waals surface area contributed by atoms with Crippen molar-refractivity contribution >= 4 is 0 Å². The van der Waals surface area contributed by atoms with Crippen molar-refractivity contribution in [1.29, 1.82) is 5.26 Å². The van der Waals surface area contributed by atoms with E-state index < -0.39 is 0 Å². The fraction of sp³-hybridized carbons (Fsp3) is 0.938. The summed E-state index contributed by atoms with van der Waals surface area (Å²) in [6, 6.07) is 3.06. The first-order valence-corrected chi connectivity index (χ1v) is 7.81. The van der Waals surface area contributed by atoms with Gasteiger partial charge in [-0.3, -0.25) is 5.32 Å². The molecule has 19 heavy (non-hydrogen) atoms. The third-order valence-electron chi connectivity index (χ3n) is 3.71. The maximum atomic E-state index is 9.40. The summed E-state index contributed by atoms with van der Waals surface area (Å²) >= 11 is 0. The zero-order chi connectivity index (χ0) is 14.9. The van der Waals surface area contributed by atoms with Crippen molar-refractivity contribution in [3.8, 4) is 6.07 Å². The van der Waals surface area contributed by atoms with Gasteiger partial charge in [-0.25, -0.2) is 0 Å². The van der Waals surface area contributed by atoms with Crippen molar-refractivity contribution in [1.82, 2.24) is 10.2 Å². The molecule has 3 nitrogen and oxygen atoms in total. The highest BCUT2D eigenvalue weighted by molar-refractivity contribution is 5.06. The van der Waals surface area contributed by atoms with E-state index in [1.807, 2.05) is 0 Å². The van der Waals surface area contributed by atoms with Gasteiger partial charge >= 0.3 is 0 Å². The Hall–Kier alpha value is -0.590. The first-order valence-electron chi connectivity index (χ1n) is 7.81. The van der Waals surface area contributed by atoms with Crippen molar-refractivity contribution in [2.45, 2.75) is 72.4 Å². The van der Waals surface area contributed by atoms with Crippen LogP contribution in [0.15, 0.2) is 0 Å². The van der Waals surface area contributed by atoms with Crippen LogP contribution >= 0.6 is 0 Å². The lowest BCUT2D eigenvalue weighted by Gasteiger charge is -2.31. The molecule has 1 N–H and O–H groups in total. The first-order chi connectivity index (χ1) is 8.90. The summed E-state index contributed by atoms with van der Waals surface area (Å²) in [6.07, 6.45) is 2.90. The summed E-state index contributed by atoms with van der Waals surface area (Å²) < 4.78 is 0. The number of nitriles is 1. The average molecular weight is 267 g/mol. The topological polar surface area (TPSA) is 39.1 Å². The van der Waals surface area contributed by atoms with Gasteiger partial charge in [0.05, 0.1) is 6.07 Å². The molecule has 0 bridgehead atoms. The van der Waals surface area contributed by atoms with E-state index in [2.05, 4.69) is 57.8 Å². The molecule has 0 spiro atoms. The standard InChI is InChI=1S/C16H33N3/c1-7-16(13-17,18-8-2)10-9-11-19(15(5)6)12-14(3)4/h14-15,18H,7-12H2,1-6H3. The van der Waals surface area contributed by atoms with Crippen LogP contribution in [0.1, 0.15) is 60.8 Å². The molecular weight excluding hydrogens is 234 g/mol. The van der Waals surface area contributed by atoms with Crippen molar-refractivity contribution in [2.24, 2.45) is 5.92 Å². The van der Waals surface area contributed by atoms with E-state index in [4.69, 9.17) is 0 Å². The number of nitrogens with zero attached hydrogens (tertiary/aromatic N) is 2.